The van der Waals surface area contributed by atoms with Crippen molar-refractivity contribution in [3.05, 3.63) is 60.7 Å². The lowest BCUT2D eigenvalue weighted by Crippen LogP contribution is -2.59. The number of carbonyl (C=O) groups excluding carboxylic acids is 2. The van der Waals surface area contributed by atoms with Gasteiger partial charge < -0.3 is 29.9 Å². The molecule has 2 amide bonds. The van der Waals surface area contributed by atoms with Crippen molar-refractivity contribution in [1.29, 1.82) is 0 Å². The maximum atomic E-state index is 12.5. The van der Waals surface area contributed by atoms with Gasteiger partial charge in [0.25, 0.3) is 0 Å². The summed E-state index contributed by atoms with van der Waals surface area (Å²) in [6.07, 6.45) is 4.77. The van der Waals surface area contributed by atoms with Gasteiger partial charge in [-0.2, -0.15) is 0 Å². The van der Waals surface area contributed by atoms with Crippen LogP contribution >= 0.6 is 0 Å². The molecule has 0 spiro atoms. The first-order valence-electron chi connectivity index (χ1n) is 14.6. The quantitative estimate of drug-likeness (QED) is 0.444. The fourth-order valence-electron chi connectivity index (χ4n) is 5.83. The number of hydrogen-bond acceptors (Lipinski definition) is 6. The minimum absolute atomic E-state index is 0.0688. The maximum absolute atomic E-state index is 12.5. The van der Waals surface area contributed by atoms with Crippen molar-refractivity contribution < 1.29 is 19.1 Å². The van der Waals surface area contributed by atoms with Crippen molar-refractivity contribution in [2.24, 2.45) is 0 Å². The van der Waals surface area contributed by atoms with Crippen molar-refractivity contribution in [1.82, 2.24) is 10.2 Å². The second-order valence-electron chi connectivity index (χ2n) is 10.8. The molecule has 4 rings (SSSR count). The molecule has 2 saturated heterocycles. The third kappa shape index (κ3) is 8.29. The zero-order chi connectivity index (χ0) is 28.8. The van der Waals surface area contributed by atoms with E-state index in [0.29, 0.717) is 26.1 Å². The van der Waals surface area contributed by atoms with E-state index in [1.54, 1.807) is 14.2 Å². The van der Waals surface area contributed by atoms with Gasteiger partial charge in [0, 0.05) is 51.5 Å². The number of methoxy groups -OCH3 is 2. The molecule has 0 aromatic heterocycles. The Labute approximate surface area is 240 Å². The molecule has 220 valence electrons. The number of nitrogens with zero attached hydrogens (tertiary/aromatic N) is 2. The van der Waals surface area contributed by atoms with Crippen LogP contribution in [-0.4, -0.2) is 81.4 Å². The van der Waals surface area contributed by atoms with Crippen molar-refractivity contribution in [2.45, 2.75) is 63.5 Å². The van der Waals surface area contributed by atoms with Crippen LogP contribution in [0.4, 0.5) is 11.4 Å². The summed E-state index contributed by atoms with van der Waals surface area (Å²) in [5.41, 5.74) is 1.79. The predicted octanol–water partition coefficient (Wildman–Crippen LogP) is 4.71. The first-order valence-corrected chi connectivity index (χ1v) is 14.6. The van der Waals surface area contributed by atoms with E-state index in [2.05, 4.69) is 22.8 Å². The SMILES string of the molecule is CCC(=O)N(c1ccccc1)C1(COC)CCNCC1.CCC(=O)N1CCC(COC)(Nc2ccccc2)CC1. The molecule has 2 aliphatic rings. The number of amides is 2. The third-order valence-corrected chi connectivity index (χ3v) is 7.97. The minimum atomic E-state index is -0.228. The van der Waals surface area contributed by atoms with Gasteiger partial charge in [-0.1, -0.05) is 50.2 Å². The summed E-state index contributed by atoms with van der Waals surface area (Å²) in [6.45, 7) is 8.52. The van der Waals surface area contributed by atoms with Crippen LogP contribution in [-0.2, 0) is 19.1 Å². The van der Waals surface area contributed by atoms with E-state index in [9.17, 15) is 9.59 Å². The number of likely N-dealkylation sites (tertiary alicyclic amines) is 1. The summed E-state index contributed by atoms with van der Waals surface area (Å²) in [4.78, 5) is 28.2. The Balaban J connectivity index is 0.000000220. The van der Waals surface area contributed by atoms with Gasteiger partial charge in [-0.05, 0) is 63.0 Å². The number of hydrogen-bond donors (Lipinski definition) is 2. The lowest BCUT2D eigenvalue weighted by Gasteiger charge is -2.46. The van der Waals surface area contributed by atoms with Crippen molar-refractivity contribution in [2.75, 3.05) is 63.8 Å². The van der Waals surface area contributed by atoms with Gasteiger partial charge >= 0.3 is 0 Å². The molecule has 8 nitrogen and oxygen atoms in total. The Kier molecular flexibility index (Phi) is 12.4. The third-order valence-electron chi connectivity index (χ3n) is 7.97. The van der Waals surface area contributed by atoms with E-state index in [1.807, 2.05) is 72.2 Å². The highest BCUT2D eigenvalue weighted by Gasteiger charge is 2.41. The second-order valence-corrected chi connectivity index (χ2v) is 10.8. The van der Waals surface area contributed by atoms with Gasteiger partial charge in [-0.3, -0.25) is 9.59 Å². The first-order chi connectivity index (χ1) is 19.4. The molecule has 0 radical (unpaired) electrons. The molecule has 40 heavy (non-hydrogen) atoms. The van der Waals surface area contributed by atoms with Gasteiger partial charge in [-0.15, -0.1) is 0 Å². The zero-order valence-electron chi connectivity index (χ0n) is 24.8. The maximum Gasteiger partial charge on any atom is 0.227 e. The lowest BCUT2D eigenvalue weighted by atomic mass is 9.86. The Morgan fingerprint density at radius 1 is 0.850 bits per heavy atom. The van der Waals surface area contributed by atoms with E-state index in [1.165, 1.54) is 0 Å². The van der Waals surface area contributed by atoms with E-state index in [4.69, 9.17) is 9.47 Å². The van der Waals surface area contributed by atoms with Crippen LogP contribution in [0, 0.1) is 0 Å². The normalized spacial score (nSPS) is 17.8. The molecule has 0 unspecified atom stereocenters. The largest absolute Gasteiger partial charge is 0.382 e. The van der Waals surface area contributed by atoms with E-state index in [0.717, 1.165) is 63.2 Å². The molecule has 2 fully saturated rings. The zero-order valence-corrected chi connectivity index (χ0v) is 24.8. The number of piperidine rings is 2. The van der Waals surface area contributed by atoms with Gasteiger partial charge in [0.2, 0.25) is 11.8 Å². The summed E-state index contributed by atoms with van der Waals surface area (Å²) in [6, 6.07) is 20.2. The van der Waals surface area contributed by atoms with Gasteiger partial charge in [0.15, 0.2) is 0 Å². The molecule has 0 aliphatic carbocycles. The number of carbonyl (C=O) groups is 2. The monoisotopic (exact) mass is 552 g/mol. The summed E-state index contributed by atoms with van der Waals surface area (Å²) in [7, 11) is 3.45. The molecule has 0 atom stereocenters. The lowest BCUT2D eigenvalue weighted by molar-refractivity contribution is -0.132. The molecule has 2 heterocycles. The Hall–Kier alpha value is -2.94. The van der Waals surface area contributed by atoms with Gasteiger partial charge in [0.05, 0.1) is 24.3 Å². The van der Waals surface area contributed by atoms with Gasteiger partial charge in [-0.25, -0.2) is 0 Å². The number of anilines is 2. The van der Waals surface area contributed by atoms with Gasteiger partial charge in [0.1, 0.15) is 0 Å². The van der Waals surface area contributed by atoms with E-state index in [-0.39, 0.29) is 22.9 Å². The number of rotatable bonds is 10. The molecule has 2 N–H and O–H groups in total. The average Bonchev–Trinajstić information content (AvgIpc) is 2.99. The Morgan fingerprint density at radius 2 is 1.43 bits per heavy atom. The highest BCUT2D eigenvalue weighted by Crippen LogP contribution is 2.33. The standard InChI is InChI=1S/2C16H24N2O2/c1-3-15(19)18-11-9-16(10-12-18,13-20-2)17-14-7-5-4-6-8-14;1-3-15(19)18(14-7-5-4-6-8-14)16(13-20-2)9-11-17-12-10-16/h2*4-8,17H,3,9-13H2,1-2H3. The molecule has 0 saturated carbocycles. The van der Waals surface area contributed by atoms with E-state index < -0.39 is 0 Å². The molecule has 2 aromatic rings. The minimum Gasteiger partial charge on any atom is -0.382 e. The summed E-state index contributed by atoms with van der Waals surface area (Å²) < 4.78 is 10.9. The number of nitrogens with one attached hydrogen (secondary N) is 2. The fourth-order valence-corrected chi connectivity index (χ4v) is 5.83. The van der Waals surface area contributed by atoms with E-state index >= 15 is 0 Å². The molecule has 2 aliphatic heterocycles. The van der Waals surface area contributed by atoms with Crippen molar-refractivity contribution >= 4 is 23.2 Å². The smallest absolute Gasteiger partial charge is 0.227 e. The Bertz CT molecular complexity index is 1010. The number of ether oxygens (including phenoxy) is 2. The molecular weight excluding hydrogens is 504 g/mol. The van der Waals surface area contributed by atoms with Crippen LogP contribution < -0.4 is 15.5 Å². The van der Waals surface area contributed by atoms with Crippen molar-refractivity contribution in [3.63, 3.8) is 0 Å². The van der Waals surface area contributed by atoms with Crippen molar-refractivity contribution in [3.8, 4) is 0 Å². The number of benzene rings is 2. The fraction of sp³-hybridized carbons (Fsp3) is 0.562. The molecule has 0 bridgehead atoms. The highest BCUT2D eigenvalue weighted by molar-refractivity contribution is 5.94. The predicted molar refractivity (Wildman–Crippen MR) is 162 cm³/mol. The summed E-state index contributed by atoms with van der Waals surface area (Å²) >= 11 is 0. The second kappa shape index (κ2) is 15.7. The van der Waals surface area contributed by atoms with Crippen LogP contribution in [0.25, 0.3) is 0 Å². The summed E-state index contributed by atoms with van der Waals surface area (Å²) in [5.74, 6) is 0.408. The average molecular weight is 553 g/mol. The first kappa shape index (κ1) is 31.6. The molecule has 2 aromatic carbocycles. The van der Waals surface area contributed by atoms with Crippen LogP contribution in [0.15, 0.2) is 60.7 Å². The van der Waals surface area contributed by atoms with Crippen LogP contribution in [0.1, 0.15) is 52.4 Å². The molecule has 8 heteroatoms. The molecular formula is C32H48N4O4. The van der Waals surface area contributed by atoms with Crippen LogP contribution in [0.2, 0.25) is 0 Å². The number of para-hydroxylation sites is 2. The van der Waals surface area contributed by atoms with Crippen LogP contribution in [0.3, 0.4) is 0 Å². The topological polar surface area (TPSA) is 83.1 Å². The summed E-state index contributed by atoms with van der Waals surface area (Å²) in [5, 5.41) is 6.98. The van der Waals surface area contributed by atoms with Crippen LogP contribution in [0.5, 0.6) is 0 Å². The highest BCUT2D eigenvalue weighted by atomic mass is 16.5. The Morgan fingerprint density at radius 3 is 1.95 bits per heavy atom.